The minimum absolute atomic E-state index is 0.0214. The van der Waals surface area contributed by atoms with E-state index in [1.54, 1.807) is 0 Å². The number of sulfone groups is 1. The molecule has 0 bridgehead atoms. The first-order valence-electron chi connectivity index (χ1n) is 3.65. The maximum atomic E-state index is 13.2. The Morgan fingerprint density at radius 3 is 2.33 bits per heavy atom. The second-order valence-corrected chi connectivity index (χ2v) is 4.78. The molecule has 0 saturated carbocycles. The molecule has 7 heteroatoms. The Morgan fingerprint density at radius 2 is 1.93 bits per heavy atom. The largest absolute Gasteiger partial charge is 0.504 e. The molecule has 1 aromatic rings. The first-order chi connectivity index (χ1) is 6.79. The fourth-order valence-corrected chi connectivity index (χ4v) is 1.87. The summed E-state index contributed by atoms with van der Waals surface area (Å²) >= 11 is 0. The summed E-state index contributed by atoms with van der Waals surface area (Å²) in [6.45, 7) is 0. The number of aldehydes is 1. The number of benzene rings is 1. The van der Waals surface area contributed by atoms with Crippen LogP contribution in [0.4, 0.5) is 8.78 Å². The number of hydrogen-bond acceptors (Lipinski definition) is 4. The number of rotatable bonds is 2. The van der Waals surface area contributed by atoms with Gasteiger partial charge in [0.1, 0.15) is 10.7 Å². The quantitative estimate of drug-likeness (QED) is 0.774. The normalized spacial score (nSPS) is 11.4. The lowest BCUT2D eigenvalue weighted by atomic mass is 10.2. The van der Waals surface area contributed by atoms with Gasteiger partial charge < -0.3 is 5.11 Å². The molecule has 0 aromatic heterocycles. The molecule has 1 N–H and O–H groups in total. The molecule has 0 atom stereocenters. The fourth-order valence-electron chi connectivity index (χ4n) is 1.04. The predicted octanol–water partition coefficient (Wildman–Crippen LogP) is 0.886. The lowest BCUT2D eigenvalue weighted by Crippen LogP contribution is -2.06. The topological polar surface area (TPSA) is 71.4 Å². The molecule has 0 saturated heterocycles. The molecule has 0 aliphatic rings. The van der Waals surface area contributed by atoms with E-state index < -0.39 is 37.7 Å². The maximum Gasteiger partial charge on any atom is 0.187 e. The Labute approximate surface area is 84.1 Å². The number of phenolic OH excluding ortho intramolecular Hbond substituents is 1. The first kappa shape index (κ1) is 11.6. The molecule has 1 rings (SSSR count). The number of carbonyl (C=O) groups excluding carboxylic acids is 1. The van der Waals surface area contributed by atoms with E-state index in [0.29, 0.717) is 12.3 Å². The molecule has 0 aliphatic heterocycles. The van der Waals surface area contributed by atoms with Gasteiger partial charge in [0.05, 0.1) is 5.56 Å². The molecule has 82 valence electrons. The van der Waals surface area contributed by atoms with Crippen molar-refractivity contribution in [2.24, 2.45) is 0 Å². The summed E-state index contributed by atoms with van der Waals surface area (Å²) in [4.78, 5) is 9.01. The van der Waals surface area contributed by atoms with Crippen molar-refractivity contribution in [1.82, 2.24) is 0 Å². The van der Waals surface area contributed by atoms with Gasteiger partial charge in [-0.05, 0) is 6.07 Å². The van der Waals surface area contributed by atoms with Crippen molar-refractivity contribution >= 4 is 16.1 Å². The van der Waals surface area contributed by atoms with Crippen LogP contribution in [-0.4, -0.2) is 26.1 Å². The van der Waals surface area contributed by atoms with Crippen LogP contribution in [0.3, 0.4) is 0 Å². The highest BCUT2D eigenvalue weighted by molar-refractivity contribution is 7.90. The summed E-state index contributed by atoms with van der Waals surface area (Å²) < 4.78 is 48.2. The molecule has 15 heavy (non-hydrogen) atoms. The zero-order valence-corrected chi connectivity index (χ0v) is 8.31. The number of phenols is 1. The monoisotopic (exact) mass is 236 g/mol. The van der Waals surface area contributed by atoms with Gasteiger partial charge in [0, 0.05) is 6.26 Å². The number of halogens is 2. The Bertz CT molecular complexity index is 522. The van der Waals surface area contributed by atoms with Crippen LogP contribution in [0, 0.1) is 11.6 Å². The highest BCUT2D eigenvalue weighted by atomic mass is 32.2. The Balaban J connectivity index is 3.72. The van der Waals surface area contributed by atoms with Gasteiger partial charge in [0.2, 0.25) is 0 Å². The van der Waals surface area contributed by atoms with Crippen LogP contribution in [0.2, 0.25) is 0 Å². The van der Waals surface area contributed by atoms with Crippen molar-refractivity contribution in [1.29, 1.82) is 0 Å². The van der Waals surface area contributed by atoms with E-state index >= 15 is 0 Å². The molecule has 0 radical (unpaired) electrons. The van der Waals surface area contributed by atoms with E-state index in [1.165, 1.54) is 0 Å². The van der Waals surface area contributed by atoms with Crippen molar-refractivity contribution in [3.63, 3.8) is 0 Å². The molecule has 0 fully saturated rings. The third-order valence-electron chi connectivity index (χ3n) is 1.68. The molecule has 0 spiro atoms. The van der Waals surface area contributed by atoms with E-state index in [-0.39, 0.29) is 6.29 Å². The molecule has 0 unspecified atom stereocenters. The van der Waals surface area contributed by atoms with Crippen LogP contribution in [0.1, 0.15) is 10.4 Å². The van der Waals surface area contributed by atoms with Crippen LogP contribution in [0.5, 0.6) is 5.75 Å². The van der Waals surface area contributed by atoms with Crippen molar-refractivity contribution in [3.05, 3.63) is 23.3 Å². The van der Waals surface area contributed by atoms with Gasteiger partial charge in [-0.25, -0.2) is 17.2 Å². The van der Waals surface area contributed by atoms with E-state index in [1.807, 2.05) is 0 Å². The molecular weight excluding hydrogens is 230 g/mol. The van der Waals surface area contributed by atoms with E-state index in [0.717, 1.165) is 0 Å². The summed E-state index contributed by atoms with van der Waals surface area (Å²) in [7, 11) is -4.14. The zero-order chi connectivity index (χ0) is 11.8. The summed E-state index contributed by atoms with van der Waals surface area (Å²) in [5, 5.41) is 9.03. The summed E-state index contributed by atoms with van der Waals surface area (Å²) in [5.74, 6) is -4.23. The standard InChI is InChI=1S/C8H6F2O4S/c1-15(13,14)8-5(9)2-4(3-11)7(12)6(8)10/h2-3,12H,1H3. The second-order valence-electron chi connectivity index (χ2n) is 2.83. The SMILES string of the molecule is CS(=O)(=O)c1c(F)cc(C=O)c(O)c1F. The van der Waals surface area contributed by atoms with Crippen LogP contribution in [-0.2, 0) is 9.84 Å². The molecule has 0 heterocycles. The molecule has 4 nitrogen and oxygen atoms in total. The van der Waals surface area contributed by atoms with E-state index in [4.69, 9.17) is 5.11 Å². The van der Waals surface area contributed by atoms with Gasteiger partial charge >= 0.3 is 0 Å². The Kier molecular flexibility index (Phi) is 2.76. The lowest BCUT2D eigenvalue weighted by Gasteiger charge is -2.05. The van der Waals surface area contributed by atoms with Crippen molar-refractivity contribution < 1.29 is 27.1 Å². The Morgan fingerprint density at radius 1 is 1.40 bits per heavy atom. The highest BCUT2D eigenvalue weighted by Gasteiger charge is 2.24. The van der Waals surface area contributed by atoms with Crippen LogP contribution >= 0.6 is 0 Å². The molecular formula is C8H6F2O4S. The molecule has 0 aliphatic carbocycles. The maximum absolute atomic E-state index is 13.2. The number of hydrogen-bond donors (Lipinski definition) is 1. The summed E-state index contributed by atoms with van der Waals surface area (Å²) in [5.41, 5.74) is -0.641. The smallest absolute Gasteiger partial charge is 0.187 e. The van der Waals surface area contributed by atoms with Crippen LogP contribution in [0.25, 0.3) is 0 Å². The average molecular weight is 236 g/mol. The van der Waals surface area contributed by atoms with Gasteiger partial charge in [-0.3, -0.25) is 4.79 Å². The third kappa shape index (κ3) is 1.96. The van der Waals surface area contributed by atoms with E-state index in [2.05, 4.69) is 0 Å². The first-order valence-corrected chi connectivity index (χ1v) is 5.54. The Hall–Kier alpha value is -1.50. The number of aromatic hydroxyl groups is 1. The minimum Gasteiger partial charge on any atom is -0.504 e. The molecule has 0 amide bonds. The van der Waals surface area contributed by atoms with Crippen molar-refractivity contribution in [2.45, 2.75) is 4.90 Å². The van der Waals surface area contributed by atoms with Gasteiger partial charge in [0.15, 0.2) is 27.7 Å². The predicted molar refractivity (Wildman–Crippen MR) is 46.5 cm³/mol. The second kappa shape index (κ2) is 3.58. The lowest BCUT2D eigenvalue weighted by molar-refractivity contribution is 0.111. The molecule has 1 aromatic carbocycles. The van der Waals surface area contributed by atoms with Gasteiger partial charge in [-0.2, -0.15) is 0 Å². The number of carbonyl (C=O) groups is 1. The third-order valence-corrected chi connectivity index (χ3v) is 2.79. The van der Waals surface area contributed by atoms with Crippen LogP contribution in [0.15, 0.2) is 11.0 Å². The van der Waals surface area contributed by atoms with Crippen LogP contribution < -0.4 is 0 Å². The zero-order valence-electron chi connectivity index (χ0n) is 7.49. The van der Waals surface area contributed by atoms with E-state index in [9.17, 15) is 22.0 Å². The fraction of sp³-hybridized carbons (Fsp3) is 0.125. The van der Waals surface area contributed by atoms with Gasteiger partial charge in [0.25, 0.3) is 0 Å². The average Bonchev–Trinajstić information content (AvgIpc) is 2.09. The highest BCUT2D eigenvalue weighted by Crippen LogP contribution is 2.28. The summed E-state index contributed by atoms with van der Waals surface area (Å²) in [6.07, 6.45) is 0.613. The minimum atomic E-state index is -4.14. The van der Waals surface area contributed by atoms with Gasteiger partial charge in [-0.1, -0.05) is 0 Å². The summed E-state index contributed by atoms with van der Waals surface area (Å²) in [6, 6.07) is 0.460. The van der Waals surface area contributed by atoms with Crippen molar-refractivity contribution in [3.8, 4) is 5.75 Å². The van der Waals surface area contributed by atoms with Gasteiger partial charge in [-0.15, -0.1) is 0 Å². The van der Waals surface area contributed by atoms with Crippen molar-refractivity contribution in [2.75, 3.05) is 6.26 Å².